The van der Waals surface area contributed by atoms with Crippen molar-refractivity contribution in [2.45, 2.75) is 76.6 Å². The average molecular weight is 483 g/mol. The van der Waals surface area contributed by atoms with E-state index in [0.717, 1.165) is 19.3 Å². The molecule has 3 aliphatic rings. The van der Waals surface area contributed by atoms with Gasteiger partial charge in [-0.3, -0.25) is 14.4 Å². The molecule has 0 saturated heterocycles. The average Bonchev–Trinajstić information content (AvgIpc) is 2.96. The van der Waals surface area contributed by atoms with Crippen LogP contribution in [0.2, 0.25) is 5.02 Å². The second-order valence-electron chi connectivity index (χ2n) is 9.94. The fourth-order valence-corrected chi connectivity index (χ4v) is 5.57. The first-order valence-electron chi connectivity index (χ1n) is 11.1. The molecule has 9 heteroatoms. The first-order chi connectivity index (χ1) is 15.4. The summed E-state index contributed by atoms with van der Waals surface area (Å²) in [7, 11) is 0. The van der Waals surface area contributed by atoms with Crippen LogP contribution in [0.1, 0.15) is 69.2 Å². The minimum atomic E-state index is -5.21. The van der Waals surface area contributed by atoms with E-state index in [2.05, 4.69) is 0 Å². The first kappa shape index (κ1) is 23.8. The number of hydrogen-bond donors (Lipinski definition) is 1. The van der Waals surface area contributed by atoms with Crippen LogP contribution in [-0.2, 0) is 9.59 Å². The highest BCUT2D eigenvalue weighted by Gasteiger charge is 2.72. The molecule has 1 aliphatic heterocycles. The van der Waals surface area contributed by atoms with Crippen molar-refractivity contribution in [3.05, 3.63) is 46.1 Å². The SMILES string of the molecule is CC1(C)CC(=O)C2=C(C1)N(C1CCCCC1)C(=O)C2(NC(=O)c1cccc(Cl)c1)C(F)(F)F. The van der Waals surface area contributed by atoms with Crippen molar-refractivity contribution < 1.29 is 27.6 Å². The smallest absolute Gasteiger partial charge is 0.326 e. The third-order valence-electron chi connectivity index (χ3n) is 6.81. The maximum absolute atomic E-state index is 14.8. The molecule has 2 amide bonds. The van der Waals surface area contributed by atoms with Crippen molar-refractivity contribution in [3.63, 3.8) is 0 Å². The summed E-state index contributed by atoms with van der Waals surface area (Å²) in [6, 6.07) is 5.02. The lowest BCUT2D eigenvalue weighted by atomic mass is 9.72. The zero-order chi connectivity index (χ0) is 24.2. The van der Waals surface area contributed by atoms with Gasteiger partial charge in [-0.1, -0.05) is 50.8 Å². The Hall–Kier alpha value is -2.35. The van der Waals surface area contributed by atoms with Gasteiger partial charge in [-0.15, -0.1) is 0 Å². The Labute approximate surface area is 195 Å². The molecular formula is C24H26ClF3N2O3. The largest absolute Gasteiger partial charge is 0.425 e. The number of alkyl halides is 3. The number of allylic oxidation sites excluding steroid dienone is 1. The summed E-state index contributed by atoms with van der Waals surface area (Å²) < 4.78 is 44.5. The van der Waals surface area contributed by atoms with Crippen molar-refractivity contribution >= 4 is 29.2 Å². The van der Waals surface area contributed by atoms with Gasteiger partial charge in [0.2, 0.25) is 5.54 Å². The summed E-state index contributed by atoms with van der Waals surface area (Å²) in [4.78, 5) is 41.1. The quantitative estimate of drug-likeness (QED) is 0.644. The molecular weight excluding hydrogens is 457 g/mol. The van der Waals surface area contributed by atoms with Crippen LogP contribution in [-0.4, -0.2) is 40.3 Å². The van der Waals surface area contributed by atoms with Gasteiger partial charge in [0.25, 0.3) is 11.8 Å². The normalized spacial score (nSPS) is 25.9. The Kier molecular flexibility index (Phi) is 5.88. The minimum Gasteiger partial charge on any atom is -0.326 e. The predicted octanol–water partition coefficient (Wildman–Crippen LogP) is 5.19. The Morgan fingerprint density at radius 2 is 1.79 bits per heavy atom. The van der Waals surface area contributed by atoms with Gasteiger partial charge >= 0.3 is 6.18 Å². The molecule has 1 N–H and O–H groups in total. The van der Waals surface area contributed by atoms with E-state index < -0.39 is 46.3 Å². The van der Waals surface area contributed by atoms with Crippen LogP contribution in [0.15, 0.2) is 35.5 Å². The molecule has 1 fully saturated rings. The maximum atomic E-state index is 14.8. The molecule has 4 rings (SSSR count). The number of ketones is 1. The molecule has 1 heterocycles. The monoisotopic (exact) mass is 482 g/mol. The maximum Gasteiger partial charge on any atom is 0.425 e. The van der Waals surface area contributed by atoms with Crippen LogP contribution < -0.4 is 5.32 Å². The lowest BCUT2D eigenvalue weighted by Gasteiger charge is -2.37. The topological polar surface area (TPSA) is 66.5 Å². The fourth-order valence-electron chi connectivity index (χ4n) is 5.38. The highest BCUT2D eigenvalue weighted by Crippen LogP contribution is 2.53. The van der Waals surface area contributed by atoms with Gasteiger partial charge < -0.3 is 10.2 Å². The van der Waals surface area contributed by atoms with Crippen molar-refractivity contribution in [1.29, 1.82) is 0 Å². The lowest BCUT2D eigenvalue weighted by Crippen LogP contribution is -2.66. The van der Waals surface area contributed by atoms with Crippen LogP contribution in [0, 0.1) is 5.41 Å². The van der Waals surface area contributed by atoms with Crippen molar-refractivity contribution in [1.82, 2.24) is 10.2 Å². The molecule has 1 saturated carbocycles. The third-order valence-corrected chi connectivity index (χ3v) is 7.05. The van der Waals surface area contributed by atoms with Gasteiger partial charge in [0, 0.05) is 28.7 Å². The molecule has 2 aliphatic carbocycles. The van der Waals surface area contributed by atoms with Crippen LogP contribution in [0.4, 0.5) is 13.2 Å². The summed E-state index contributed by atoms with van der Waals surface area (Å²) in [5, 5.41) is 2.13. The fraction of sp³-hybridized carbons (Fsp3) is 0.542. The van der Waals surface area contributed by atoms with E-state index in [1.165, 1.54) is 29.2 Å². The zero-order valence-corrected chi connectivity index (χ0v) is 19.3. The number of nitrogens with zero attached hydrogens (tertiary/aromatic N) is 1. The molecule has 1 atom stereocenters. The number of carbonyl (C=O) groups is 3. The number of rotatable bonds is 3. The lowest BCUT2D eigenvalue weighted by molar-refractivity contribution is -0.191. The first-order valence-corrected chi connectivity index (χ1v) is 11.5. The van der Waals surface area contributed by atoms with E-state index in [0.29, 0.717) is 12.8 Å². The van der Waals surface area contributed by atoms with Crippen LogP contribution >= 0.6 is 11.6 Å². The summed E-state index contributed by atoms with van der Waals surface area (Å²) in [6.07, 6.45) is -1.53. The number of benzene rings is 1. The van der Waals surface area contributed by atoms with Gasteiger partial charge in [0.1, 0.15) is 0 Å². The Morgan fingerprint density at radius 3 is 2.39 bits per heavy atom. The highest BCUT2D eigenvalue weighted by atomic mass is 35.5. The summed E-state index contributed by atoms with van der Waals surface area (Å²) in [6.45, 7) is 3.60. The molecule has 178 valence electrons. The number of amides is 2. The molecule has 5 nitrogen and oxygen atoms in total. The molecule has 0 bridgehead atoms. The van der Waals surface area contributed by atoms with Crippen molar-refractivity contribution in [3.8, 4) is 0 Å². The summed E-state index contributed by atoms with van der Waals surface area (Å²) in [5.41, 5.74) is -4.65. The molecule has 1 aromatic rings. The molecule has 0 aromatic heterocycles. The Morgan fingerprint density at radius 1 is 1.12 bits per heavy atom. The highest BCUT2D eigenvalue weighted by molar-refractivity contribution is 6.31. The summed E-state index contributed by atoms with van der Waals surface area (Å²) >= 11 is 5.91. The van der Waals surface area contributed by atoms with Crippen LogP contribution in [0.3, 0.4) is 0 Å². The molecule has 33 heavy (non-hydrogen) atoms. The molecule has 1 aromatic carbocycles. The van der Waals surface area contributed by atoms with E-state index in [4.69, 9.17) is 11.6 Å². The van der Waals surface area contributed by atoms with Crippen LogP contribution in [0.25, 0.3) is 0 Å². The van der Waals surface area contributed by atoms with E-state index in [1.54, 1.807) is 13.8 Å². The van der Waals surface area contributed by atoms with Gasteiger partial charge in [-0.25, -0.2) is 0 Å². The zero-order valence-electron chi connectivity index (χ0n) is 18.5. The van der Waals surface area contributed by atoms with E-state index in [1.807, 2.05) is 5.32 Å². The van der Waals surface area contributed by atoms with E-state index in [9.17, 15) is 27.6 Å². The van der Waals surface area contributed by atoms with Crippen molar-refractivity contribution in [2.24, 2.45) is 5.41 Å². The minimum absolute atomic E-state index is 0.108. The van der Waals surface area contributed by atoms with Gasteiger partial charge in [-0.05, 0) is 42.9 Å². The number of halogens is 4. The van der Waals surface area contributed by atoms with Gasteiger partial charge in [-0.2, -0.15) is 13.2 Å². The van der Waals surface area contributed by atoms with Crippen molar-refractivity contribution in [2.75, 3.05) is 0 Å². The van der Waals surface area contributed by atoms with E-state index in [-0.39, 0.29) is 29.1 Å². The number of Topliss-reactive ketones (excluding diaryl/α,β-unsaturated/α-hetero) is 1. The molecule has 0 radical (unpaired) electrons. The predicted molar refractivity (Wildman–Crippen MR) is 116 cm³/mol. The Bertz CT molecular complexity index is 1040. The van der Waals surface area contributed by atoms with Gasteiger partial charge in [0.05, 0.1) is 5.57 Å². The van der Waals surface area contributed by atoms with Gasteiger partial charge in [0.15, 0.2) is 5.78 Å². The standard InChI is InChI=1S/C24H26ClF3N2O3/c1-22(2)12-17-19(18(31)13-22)23(24(26,27)28,21(33)30(17)16-9-4-3-5-10-16)29-20(32)14-7-6-8-15(25)11-14/h6-8,11,16H,3-5,9-10,12-13H2,1-2H3,(H,29,32). The van der Waals surface area contributed by atoms with E-state index >= 15 is 0 Å². The second-order valence-corrected chi connectivity index (χ2v) is 10.4. The summed E-state index contributed by atoms with van der Waals surface area (Å²) in [5.74, 6) is -3.15. The van der Waals surface area contributed by atoms with Crippen LogP contribution in [0.5, 0.6) is 0 Å². The molecule has 1 unspecified atom stereocenters. The third kappa shape index (κ3) is 3.96. The number of nitrogens with one attached hydrogen (secondary N) is 1. The Balaban J connectivity index is 1.88. The second kappa shape index (κ2) is 8.15. The molecule has 0 spiro atoms. The number of carbonyl (C=O) groups excluding carboxylic acids is 3. The number of hydrogen-bond acceptors (Lipinski definition) is 3.